The van der Waals surface area contributed by atoms with E-state index in [1.54, 1.807) is 12.1 Å². The van der Waals surface area contributed by atoms with Gasteiger partial charge in [0.15, 0.2) is 5.76 Å². The molecular formula is C34H38N2O7S. The van der Waals surface area contributed by atoms with Crippen molar-refractivity contribution < 1.29 is 32.5 Å². The molecule has 0 bridgehead atoms. The molecule has 0 saturated heterocycles. The van der Waals surface area contributed by atoms with E-state index in [-0.39, 0.29) is 54.8 Å². The second-order valence-corrected chi connectivity index (χ2v) is 13.4. The minimum atomic E-state index is -3.89. The van der Waals surface area contributed by atoms with Crippen LogP contribution in [-0.2, 0) is 30.7 Å². The van der Waals surface area contributed by atoms with Crippen LogP contribution in [0, 0.1) is 0 Å². The predicted molar refractivity (Wildman–Crippen MR) is 166 cm³/mol. The number of aliphatic hydroxyl groups excluding tert-OH is 1. The van der Waals surface area contributed by atoms with Gasteiger partial charge in [-0.2, -0.15) is 4.31 Å². The Hall–Kier alpha value is -3.70. The summed E-state index contributed by atoms with van der Waals surface area (Å²) in [5, 5.41) is 12.7. The second-order valence-electron chi connectivity index (χ2n) is 11.4. The number of rotatable bonds is 12. The third-order valence-corrected chi connectivity index (χ3v) is 10.6. The van der Waals surface area contributed by atoms with Crippen LogP contribution < -0.4 is 10.1 Å². The van der Waals surface area contributed by atoms with Gasteiger partial charge in [0.1, 0.15) is 5.75 Å². The Morgan fingerprint density at radius 3 is 2.52 bits per heavy atom. The van der Waals surface area contributed by atoms with E-state index < -0.39 is 16.3 Å². The molecule has 1 fully saturated rings. The van der Waals surface area contributed by atoms with Gasteiger partial charge in [-0.05, 0) is 83.8 Å². The number of hydrogen-bond acceptors (Lipinski definition) is 7. The first-order valence-electron chi connectivity index (χ1n) is 15.1. The number of carbonyl (C=O) groups is 1. The number of methoxy groups -OCH3 is 1. The van der Waals surface area contributed by atoms with Crippen molar-refractivity contribution in [2.75, 3.05) is 33.4 Å². The number of aliphatic hydroxyl groups is 1. The van der Waals surface area contributed by atoms with Crippen molar-refractivity contribution in [1.82, 2.24) is 9.62 Å². The van der Waals surface area contributed by atoms with Crippen molar-refractivity contribution in [1.29, 1.82) is 0 Å². The fourth-order valence-corrected chi connectivity index (χ4v) is 7.42. The van der Waals surface area contributed by atoms with Gasteiger partial charge in [0.25, 0.3) is 5.91 Å². The van der Waals surface area contributed by atoms with Crippen LogP contribution in [0.2, 0.25) is 0 Å². The standard InChI is InChI=1S/C34H38N2O7S/c1-41-28-10-12-29(13-11-28)44(39,40)36(15-17-37)16-18-42-33-22-25(21-32(43-33)34(38)35-27-6-4-7-27)23-9-14-31-26(19-23)20-24-5-2-3-8-30(24)31/h2-3,5,8-14,19,21,25,27,33,37H,4,6-7,15-18,20,22H2,1H3,(H,35,38)/t25-,33+/m0/s1. The van der Waals surface area contributed by atoms with Crippen LogP contribution in [0.3, 0.4) is 0 Å². The van der Waals surface area contributed by atoms with E-state index in [0.717, 1.165) is 31.2 Å². The molecule has 0 aromatic heterocycles. The van der Waals surface area contributed by atoms with Gasteiger partial charge in [-0.25, -0.2) is 8.42 Å². The Morgan fingerprint density at radius 2 is 1.80 bits per heavy atom. The fraction of sp³-hybridized carbons (Fsp3) is 0.382. The molecule has 1 heterocycles. The van der Waals surface area contributed by atoms with Crippen LogP contribution in [-0.4, -0.2) is 69.5 Å². The van der Waals surface area contributed by atoms with E-state index in [2.05, 4.69) is 47.8 Å². The topological polar surface area (TPSA) is 114 Å². The third kappa shape index (κ3) is 6.39. The number of nitrogens with one attached hydrogen (secondary N) is 1. The Labute approximate surface area is 258 Å². The van der Waals surface area contributed by atoms with Crippen LogP contribution in [0.25, 0.3) is 11.1 Å². The average molecular weight is 619 g/mol. The summed E-state index contributed by atoms with van der Waals surface area (Å²) < 4.78 is 45.1. The van der Waals surface area contributed by atoms with Crippen molar-refractivity contribution in [2.24, 2.45) is 0 Å². The lowest BCUT2D eigenvalue weighted by molar-refractivity contribution is -0.147. The van der Waals surface area contributed by atoms with Crippen molar-refractivity contribution in [3.05, 3.63) is 95.3 Å². The SMILES string of the molecule is COc1ccc(S(=O)(=O)N(CCO)CCO[C@H]2C[C@@H](c3ccc4c(c3)Cc3ccccc3-4)C=C(C(=O)NC3CCC3)O2)cc1. The van der Waals surface area contributed by atoms with Crippen molar-refractivity contribution in [2.45, 2.75) is 55.2 Å². The maximum Gasteiger partial charge on any atom is 0.286 e. The number of hydrogen-bond donors (Lipinski definition) is 2. The number of fused-ring (bicyclic) bond motifs is 3. The van der Waals surface area contributed by atoms with Crippen LogP contribution >= 0.6 is 0 Å². The molecule has 3 aromatic rings. The molecule has 2 N–H and O–H groups in total. The number of amides is 1. The number of nitrogens with zero attached hydrogens (tertiary/aromatic N) is 1. The molecule has 1 saturated carbocycles. The molecule has 1 aliphatic heterocycles. The molecule has 2 atom stereocenters. The van der Waals surface area contributed by atoms with E-state index in [9.17, 15) is 18.3 Å². The molecule has 1 amide bonds. The lowest BCUT2D eigenvalue weighted by atomic mass is 9.90. The van der Waals surface area contributed by atoms with E-state index in [4.69, 9.17) is 14.2 Å². The average Bonchev–Trinajstić information content (AvgIpc) is 3.40. The van der Waals surface area contributed by atoms with Crippen LogP contribution in [0.1, 0.15) is 48.3 Å². The Bertz CT molecular complexity index is 1630. The summed E-state index contributed by atoms with van der Waals surface area (Å²) in [6, 6.07) is 21.2. The number of benzene rings is 3. The molecule has 9 nitrogen and oxygen atoms in total. The largest absolute Gasteiger partial charge is 0.497 e. The first kappa shape index (κ1) is 30.3. The highest BCUT2D eigenvalue weighted by Crippen LogP contribution is 2.40. The van der Waals surface area contributed by atoms with Gasteiger partial charge in [0.2, 0.25) is 16.3 Å². The molecule has 3 aromatic carbocycles. The first-order chi connectivity index (χ1) is 21.4. The van der Waals surface area contributed by atoms with Crippen LogP contribution in [0.5, 0.6) is 5.75 Å². The summed E-state index contributed by atoms with van der Waals surface area (Å²) in [5.41, 5.74) is 6.13. The maximum atomic E-state index is 13.3. The molecular weight excluding hydrogens is 580 g/mol. The maximum absolute atomic E-state index is 13.3. The van der Waals surface area contributed by atoms with Crippen LogP contribution in [0.15, 0.2) is 83.5 Å². The smallest absolute Gasteiger partial charge is 0.286 e. The minimum absolute atomic E-state index is 0.00384. The van der Waals surface area contributed by atoms with Gasteiger partial charge in [-0.15, -0.1) is 0 Å². The highest BCUT2D eigenvalue weighted by atomic mass is 32.2. The van der Waals surface area contributed by atoms with Gasteiger partial charge in [-0.1, -0.05) is 42.5 Å². The number of ether oxygens (including phenoxy) is 3. The summed E-state index contributed by atoms with van der Waals surface area (Å²) in [5.74, 6) is 0.384. The predicted octanol–water partition coefficient (Wildman–Crippen LogP) is 4.35. The van der Waals surface area contributed by atoms with Crippen LogP contribution in [0.4, 0.5) is 0 Å². The van der Waals surface area contributed by atoms with Crippen molar-refractivity contribution >= 4 is 15.9 Å². The molecule has 3 aliphatic rings. The monoisotopic (exact) mass is 618 g/mol. The first-order valence-corrected chi connectivity index (χ1v) is 16.6. The van der Waals surface area contributed by atoms with Crippen molar-refractivity contribution in [3.63, 3.8) is 0 Å². The Morgan fingerprint density at radius 1 is 1.02 bits per heavy atom. The highest BCUT2D eigenvalue weighted by Gasteiger charge is 2.32. The van der Waals surface area contributed by atoms with E-state index >= 15 is 0 Å². The Balaban J connectivity index is 1.17. The van der Waals surface area contributed by atoms with Gasteiger partial charge in [-0.3, -0.25) is 4.79 Å². The zero-order valence-corrected chi connectivity index (χ0v) is 25.6. The van der Waals surface area contributed by atoms with Gasteiger partial charge in [0, 0.05) is 31.5 Å². The number of sulfonamides is 1. The molecule has 44 heavy (non-hydrogen) atoms. The molecule has 2 aliphatic carbocycles. The van der Waals surface area contributed by atoms with Gasteiger partial charge in [0.05, 0.1) is 25.2 Å². The molecule has 6 rings (SSSR count). The summed E-state index contributed by atoms with van der Waals surface area (Å²) in [4.78, 5) is 13.3. The lowest BCUT2D eigenvalue weighted by Gasteiger charge is -2.32. The van der Waals surface area contributed by atoms with Gasteiger partial charge >= 0.3 is 0 Å². The molecule has 0 radical (unpaired) electrons. The summed E-state index contributed by atoms with van der Waals surface area (Å²) in [6.07, 6.45) is 5.47. The second kappa shape index (κ2) is 13.1. The quantitative estimate of drug-likeness (QED) is 0.243. The van der Waals surface area contributed by atoms with E-state index in [0.29, 0.717) is 12.2 Å². The fourth-order valence-electron chi connectivity index (χ4n) is 6.00. The number of carbonyl (C=O) groups excluding carboxylic acids is 1. The molecule has 232 valence electrons. The third-order valence-electron chi connectivity index (χ3n) is 8.66. The summed E-state index contributed by atoms with van der Waals surface area (Å²) >= 11 is 0. The minimum Gasteiger partial charge on any atom is -0.497 e. The zero-order valence-electron chi connectivity index (χ0n) is 24.8. The zero-order chi connectivity index (χ0) is 30.7. The van der Waals surface area contributed by atoms with E-state index in [1.807, 2.05) is 6.08 Å². The summed E-state index contributed by atoms with van der Waals surface area (Å²) in [7, 11) is -2.37. The van der Waals surface area contributed by atoms with E-state index in [1.165, 1.54) is 45.8 Å². The Kier molecular flexibility index (Phi) is 9.04. The molecule has 0 spiro atoms. The van der Waals surface area contributed by atoms with Crippen molar-refractivity contribution in [3.8, 4) is 16.9 Å². The van der Waals surface area contributed by atoms with Gasteiger partial charge < -0.3 is 24.6 Å². The lowest BCUT2D eigenvalue weighted by Crippen LogP contribution is -2.42. The number of allylic oxidation sites excluding steroid dienone is 1. The highest BCUT2D eigenvalue weighted by molar-refractivity contribution is 7.89. The normalized spacial score (nSPS) is 19.4. The molecule has 10 heteroatoms. The molecule has 0 unspecified atom stereocenters. The summed E-state index contributed by atoms with van der Waals surface area (Å²) in [6.45, 7) is -0.403.